The van der Waals surface area contributed by atoms with Crippen molar-refractivity contribution in [1.29, 1.82) is 0 Å². The number of nitrogens with two attached hydrogens (primary N) is 2. The van der Waals surface area contributed by atoms with Crippen LogP contribution in [0.3, 0.4) is 0 Å². The summed E-state index contributed by atoms with van der Waals surface area (Å²) in [6, 6.07) is 12.2. The molecule has 2 aromatic rings. The Kier molecular flexibility index (Phi) is 4.19. The second kappa shape index (κ2) is 5.54. The molecule has 100 valence electrons. The average Bonchev–Trinajstić information content (AvgIpc) is 2.30. The number of benzene rings is 2. The zero-order valence-electron chi connectivity index (χ0n) is 9.71. The van der Waals surface area contributed by atoms with Crippen molar-refractivity contribution in [1.82, 2.24) is 0 Å². The Balaban J connectivity index is 2.32. The van der Waals surface area contributed by atoms with Gasteiger partial charge < -0.3 is 5.73 Å². The summed E-state index contributed by atoms with van der Waals surface area (Å²) in [7, 11) is -3.72. The number of primary sulfonamides is 1. The second-order valence-electron chi connectivity index (χ2n) is 3.80. The number of hydrogen-bond donors (Lipinski definition) is 2. The molecular formula is C12H11BrN2O2S2. The van der Waals surface area contributed by atoms with Gasteiger partial charge in [-0.05, 0) is 36.4 Å². The van der Waals surface area contributed by atoms with Crippen LogP contribution >= 0.6 is 27.7 Å². The molecule has 0 aliphatic heterocycles. The van der Waals surface area contributed by atoms with Gasteiger partial charge in [-0.15, -0.1) is 0 Å². The lowest BCUT2D eigenvalue weighted by atomic mass is 10.3. The topological polar surface area (TPSA) is 86.2 Å². The lowest BCUT2D eigenvalue weighted by molar-refractivity contribution is 0.598. The maximum atomic E-state index is 11.2. The van der Waals surface area contributed by atoms with Crippen molar-refractivity contribution in [2.45, 2.75) is 14.7 Å². The molecule has 7 heteroatoms. The minimum Gasteiger partial charge on any atom is -0.398 e. The summed E-state index contributed by atoms with van der Waals surface area (Å²) in [4.78, 5) is 1.80. The summed E-state index contributed by atoms with van der Waals surface area (Å²) in [6.45, 7) is 0. The van der Waals surface area contributed by atoms with Gasteiger partial charge in [0, 0.05) is 20.0 Å². The van der Waals surface area contributed by atoms with Gasteiger partial charge in [-0.3, -0.25) is 0 Å². The van der Waals surface area contributed by atoms with Crippen molar-refractivity contribution in [2.75, 3.05) is 5.73 Å². The van der Waals surface area contributed by atoms with Crippen molar-refractivity contribution in [2.24, 2.45) is 5.14 Å². The first kappa shape index (κ1) is 14.4. The lowest BCUT2D eigenvalue weighted by Gasteiger charge is -2.07. The summed E-state index contributed by atoms with van der Waals surface area (Å²) in [5, 5.41) is 5.05. The highest BCUT2D eigenvalue weighted by Crippen LogP contribution is 2.34. The third kappa shape index (κ3) is 3.73. The molecule has 0 aliphatic carbocycles. The fourth-order valence-electron chi connectivity index (χ4n) is 1.45. The smallest absolute Gasteiger partial charge is 0.238 e. The van der Waals surface area contributed by atoms with Crippen molar-refractivity contribution in [3.8, 4) is 0 Å². The third-order valence-electron chi connectivity index (χ3n) is 2.33. The maximum Gasteiger partial charge on any atom is 0.238 e. The van der Waals surface area contributed by atoms with Gasteiger partial charge in [-0.1, -0.05) is 33.8 Å². The first-order valence-electron chi connectivity index (χ1n) is 5.22. The number of halogens is 1. The molecule has 0 aliphatic rings. The first-order chi connectivity index (χ1) is 8.86. The number of hydrogen-bond acceptors (Lipinski definition) is 4. The van der Waals surface area contributed by atoms with E-state index in [0.717, 1.165) is 14.3 Å². The normalized spacial score (nSPS) is 11.5. The molecule has 4 nitrogen and oxygen atoms in total. The van der Waals surface area contributed by atoms with E-state index in [1.165, 1.54) is 23.9 Å². The van der Waals surface area contributed by atoms with Crippen LogP contribution in [0.4, 0.5) is 5.69 Å². The number of nitrogen functional groups attached to an aromatic ring is 1. The minimum atomic E-state index is -3.72. The van der Waals surface area contributed by atoms with E-state index in [1.54, 1.807) is 6.07 Å². The second-order valence-corrected chi connectivity index (χ2v) is 7.40. The van der Waals surface area contributed by atoms with Crippen molar-refractivity contribution in [3.63, 3.8) is 0 Å². The van der Waals surface area contributed by atoms with Gasteiger partial charge in [0.1, 0.15) is 0 Å². The van der Waals surface area contributed by atoms with Crippen LogP contribution in [0.2, 0.25) is 0 Å². The molecule has 4 N–H and O–H groups in total. The molecule has 0 spiro atoms. The highest BCUT2D eigenvalue weighted by molar-refractivity contribution is 9.10. The molecule has 2 aromatic carbocycles. The molecule has 0 saturated heterocycles. The Morgan fingerprint density at radius 1 is 1.11 bits per heavy atom. The summed E-state index contributed by atoms with van der Waals surface area (Å²) in [5.74, 6) is 0. The van der Waals surface area contributed by atoms with Crippen LogP contribution in [0.1, 0.15) is 0 Å². The van der Waals surface area contributed by atoms with Gasteiger partial charge in [0.15, 0.2) is 0 Å². The van der Waals surface area contributed by atoms with E-state index in [1.807, 2.05) is 24.3 Å². The molecule has 0 radical (unpaired) electrons. The van der Waals surface area contributed by atoms with Gasteiger partial charge in [0.2, 0.25) is 10.0 Å². The molecule has 0 aromatic heterocycles. The molecule has 0 atom stereocenters. The lowest BCUT2D eigenvalue weighted by Crippen LogP contribution is -2.12. The predicted molar refractivity (Wildman–Crippen MR) is 80.5 cm³/mol. The Hall–Kier alpha value is -1.02. The standard InChI is InChI=1S/C12H11BrN2O2S2/c13-8-2-1-3-9(6-8)18-12-5-4-10(7-11(12)14)19(15,16)17/h1-7H,14H2,(H2,15,16,17). The van der Waals surface area contributed by atoms with Crippen LogP contribution in [0.15, 0.2) is 61.6 Å². The van der Waals surface area contributed by atoms with E-state index in [4.69, 9.17) is 10.9 Å². The average molecular weight is 359 g/mol. The summed E-state index contributed by atoms with van der Waals surface area (Å²) < 4.78 is 23.4. The predicted octanol–water partition coefficient (Wildman–Crippen LogP) is 2.83. The Bertz CT molecular complexity index is 717. The van der Waals surface area contributed by atoms with E-state index >= 15 is 0 Å². The molecule has 2 rings (SSSR count). The van der Waals surface area contributed by atoms with Crippen LogP contribution in [-0.2, 0) is 10.0 Å². The summed E-state index contributed by atoms with van der Waals surface area (Å²) >= 11 is 4.85. The Labute approximate surface area is 124 Å². The molecule has 0 saturated carbocycles. The van der Waals surface area contributed by atoms with E-state index in [0.29, 0.717) is 5.69 Å². The summed E-state index contributed by atoms with van der Waals surface area (Å²) in [6.07, 6.45) is 0. The van der Waals surface area contributed by atoms with Crippen molar-refractivity contribution in [3.05, 3.63) is 46.9 Å². The fourth-order valence-corrected chi connectivity index (χ4v) is 3.45. The van der Waals surface area contributed by atoms with E-state index in [2.05, 4.69) is 15.9 Å². The number of rotatable bonds is 3. The molecule has 0 unspecified atom stereocenters. The van der Waals surface area contributed by atoms with Crippen LogP contribution in [0, 0.1) is 0 Å². The Morgan fingerprint density at radius 2 is 1.84 bits per heavy atom. The van der Waals surface area contributed by atoms with Crippen molar-refractivity contribution >= 4 is 43.4 Å². The van der Waals surface area contributed by atoms with Gasteiger partial charge in [-0.25, -0.2) is 13.6 Å². The van der Waals surface area contributed by atoms with Gasteiger partial charge in [-0.2, -0.15) is 0 Å². The minimum absolute atomic E-state index is 0.0172. The van der Waals surface area contributed by atoms with Crippen LogP contribution in [-0.4, -0.2) is 8.42 Å². The quantitative estimate of drug-likeness (QED) is 0.825. The monoisotopic (exact) mass is 358 g/mol. The van der Waals surface area contributed by atoms with Crippen LogP contribution in [0.5, 0.6) is 0 Å². The highest BCUT2D eigenvalue weighted by atomic mass is 79.9. The van der Waals surface area contributed by atoms with Crippen molar-refractivity contribution < 1.29 is 8.42 Å². The van der Waals surface area contributed by atoms with Gasteiger partial charge in [0.25, 0.3) is 0 Å². The molecule has 0 amide bonds. The SMILES string of the molecule is Nc1cc(S(N)(=O)=O)ccc1Sc1cccc(Br)c1. The van der Waals surface area contributed by atoms with Crippen LogP contribution < -0.4 is 10.9 Å². The van der Waals surface area contributed by atoms with E-state index < -0.39 is 10.0 Å². The Morgan fingerprint density at radius 3 is 2.42 bits per heavy atom. The molecule has 19 heavy (non-hydrogen) atoms. The first-order valence-corrected chi connectivity index (χ1v) is 8.37. The largest absolute Gasteiger partial charge is 0.398 e. The highest BCUT2D eigenvalue weighted by Gasteiger charge is 2.10. The number of sulfonamides is 1. The molecular weight excluding hydrogens is 348 g/mol. The summed E-state index contributed by atoms with van der Waals surface area (Å²) in [5.41, 5.74) is 6.24. The van der Waals surface area contributed by atoms with Gasteiger partial charge >= 0.3 is 0 Å². The van der Waals surface area contributed by atoms with Crippen LogP contribution in [0.25, 0.3) is 0 Å². The maximum absolute atomic E-state index is 11.2. The molecule has 0 bridgehead atoms. The number of anilines is 1. The van der Waals surface area contributed by atoms with E-state index in [9.17, 15) is 8.42 Å². The van der Waals surface area contributed by atoms with E-state index in [-0.39, 0.29) is 4.90 Å². The fraction of sp³-hybridized carbons (Fsp3) is 0. The molecule has 0 heterocycles. The zero-order valence-corrected chi connectivity index (χ0v) is 12.9. The molecule has 0 fully saturated rings. The zero-order chi connectivity index (χ0) is 14.0. The van der Waals surface area contributed by atoms with Gasteiger partial charge in [0.05, 0.1) is 4.90 Å². The third-order valence-corrected chi connectivity index (χ3v) is 4.82.